The first-order valence-electron chi connectivity index (χ1n) is 3.71. The van der Waals surface area contributed by atoms with Crippen molar-refractivity contribution in [2.45, 2.75) is 0 Å². The predicted octanol–water partition coefficient (Wildman–Crippen LogP) is 0.970. The molecule has 0 aliphatic carbocycles. The zero-order valence-corrected chi connectivity index (χ0v) is 7.97. The minimum Gasteiger partial charge on any atom is -0.361 e. The Bertz CT molecular complexity index is 581. The molecule has 0 aromatic carbocycles. The maximum Gasteiger partial charge on any atom is 0.368 e. The Balaban J connectivity index is 3.57. The Kier molecular flexibility index (Phi) is 3.20. The summed E-state index contributed by atoms with van der Waals surface area (Å²) in [7, 11) is 0. The van der Waals surface area contributed by atoms with Gasteiger partial charge in [-0.25, -0.2) is 5.10 Å². The highest BCUT2D eigenvalue weighted by Crippen LogP contribution is 2.37. The number of azide groups is 1. The van der Waals surface area contributed by atoms with Gasteiger partial charge in [-0.05, 0) is 15.7 Å². The molecular weight excluding hydrogens is 258 g/mol. The largest absolute Gasteiger partial charge is 0.368 e. The molecule has 0 amide bonds. The average Bonchev–Trinajstić information content (AvgIpc) is 2.57. The zero-order valence-electron chi connectivity index (χ0n) is 7.97. The first-order chi connectivity index (χ1) is 8.38. The van der Waals surface area contributed by atoms with Crippen molar-refractivity contribution in [3.8, 4) is 0 Å². The van der Waals surface area contributed by atoms with Gasteiger partial charge < -0.3 is 20.2 Å². The summed E-state index contributed by atoms with van der Waals surface area (Å²) >= 11 is 0. The van der Waals surface area contributed by atoms with Crippen LogP contribution in [0.4, 0.5) is 17.3 Å². The van der Waals surface area contributed by atoms with Crippen LogP contribution in [0.1, 0.15) is 0 Å². The van der Waals surface area contributed by atoms with Crippen LogP contribution in [0.25, 0.3) is 16.0 Å². The summed E-state index contributed by atoms with van der Waals surface area (Å²) in [6.07, 6.45) is 0. The van der Waals surface area contributed by atoms with Crippen LogP contribution in [-0.4, -0.2) is 24.8 Å². The molecule has 0 saturated carbocycles. The molecule has 1 aromatic heterocycles. The van der Waals surface area contributed by atoms with Crippen LogP contribution in [-0.2, 0) is 0 Å². The van der Waals surface area contributed by atoms with Gasteiger partial charge >= 0.3 is 5.69 Å². The molecule has 18 heavy (non-hydrogen) atoms. The monoisotopic (exact) mass is 258 g/mol. The summed E-state index contributed by atoms with van der Waals surface area (Å²) in [5.74, 6) is -2.39. The molecule has 94 valence electrons. The Morgan fingerprint density at radius 3 is 2.28 bits per heavy atom. The van der Waals surface area contributed by atoms with Gasteiger partial charge in [-0.3, -0.25) is 10.1 Å². The maximum atomic E-state index is 10.6. The molecule has 0 N–H and O–H groups in total. The van der Waals surface area contributed by atoms with E-state index >= 15 is 0 Å². The second-order valence-corrected chi connectivity index (χ2v) is 2.42. The molecule has 0 atom stereocenters. The van der Waals surface area contributed by atoms with Crippen molar-refractivity contribution in [2.24, 2.45) is 5.11 Å². The molecule has 0 fully saturated rings. The SMILES string of the molecule is [N-]=[N+]=Nc1c([N+](=O)[O-])c([N+](=O)[O-])nn1[N-][N+](=O)[O-]. The molecule has 0 aliphatic rings. The van der Waals surface area contributed by atoms with E-state index in [2.05, 4.69) is 20.7 Å². The number of rotatable bonds is 5. The third-order valence-corrected chi connectivity index (χ3v) is 1.46. The lowest BCUT2D eigenvalue weighted by Gasteiger charge is -2.03. The lowest BCUT2D eigenvalue weighted by Crippen LogP contribution is -2.01. The van der Waals surface area contributed by atoms with Gasteiger partial charge in [-0.1, -0.05) is 10.5 Å². The molecule has 0 spiro atoms. The molecule has 1 aromatic rings. The molecule has 0 radical (unpaired) electrons. The Morgan fingerprint density at radius 2 is 1.89 bits per heavy atom. The fourth-order valence-corrected chi connectivity index (χ4v) is 0.927. The highest BCUT2D eigenvalue weighted by atomic mass is 16.7. The molecule has 15 heteroatoms. The quantitative estimate of drug-likeness (QED) is 0.245. The van der Waals surface area contributed by atoms with Crippen LogP contribution in [0, 0.1) is 30.3 Å². The number of nitro groups is 3. The number of hydrogen-bond acceptors (Lipinski definition) is 8. The summed E-state index contributed by atoms with van der Waals surface area (Å²) in [5, 5.41) is 35.4. The predicted molar refractivity (Wildman–Crippen MR) is 50.1 cm³/mol. The first-order valence-corrected chi connectivity index (χ1v) is 3.71. The Hall–Kier alpha value is -3.48. The maximum absolute atomic E-state index is 10.6. The molecule has 0 bridgehead atoms. The summed E-state index contributed by atoms with van der Waals surface area (Å²) in [5.41, 5.74) is 9.34. The van der Waals surface area contributed by atoms with E-state index in [-0.39, 0.29) is 4.79 Å². The highest BCUT2D eigenvalue weighted by molar-refractivity contribution is 5.63. The highest BCUT2D eigenvalue weighted by Gasteiger charge is 2.31. The normalized spacial score (nSPS) is 9.33. The van der Waals surface area contributed by atoms with E-state index in [1.165, 1.54) is 0 Å². The summed E-state index contributed by atoms with van der Waals surface area (Å²) in [6.45, 7) is 0. The average molecular weight is 258 g/mol. The molecular formula is C3N9O6-. The van der Waals surface area contributed by atoms with Crippen LogP contribution in [0.5, 0.6) is 0 Å². The topological polar surface area (TPSA) is 210 Å². The molecule has 0 saturated heterocycles. The van der Waals surface area contributed by atoms with Gasteiger partial charge in [0.25, 0.3) is 11.6 Å². The summed E-state index contributed by atoms with van der Waals surface area (Å²) < 4.78 is 0. The van der Waals surface area contributed by atoms with Gasteiger partial charge in [0.15, 0.2) is 0 Å². The van der Waals surface area contributed by atoms with Gasteiger partial charge in [0.05, 0.1) is 4.92 Å². The number of hydrogen-bond donors (Lipinski definition) is 0. The van der Waals surface area contributed by atoms with Crippen LogP contribution in [0.15, 0.2) is 5.11 Å². The van der Waals surface area contributed by atoms with Crippen molar-refractivity contribution in [3.05, 3.63) is 46.3 Å². The van der Waals surface area contributed by atoms with Crippen molar-refractivity contribution in [2.75, 3.05) is 0 Å². The molecule has 15 nitrogen and oxygen atoms in total. The van der Waals surface area contributed by atoms with Gasteiger partial charge in [-0.2, -0.15) is 4.79 Å². The summed E-state index contributed by atoms with van der Waals surface area (Å²) in [4.78, 5) is 30.6. The third-order valence-electron chi connectivity index (χ3n) is 1.46. The zero-order chi connectivity index (χ0) is 13.9. The van der Waals surface area contributed by atoms with Crippen LogP contribution >= 0.6 is 0 Å². The molecule has 0 aliphatic heterocycles. The van der Waals surface area contributed by atoms with Crippen LogP contribution in [0.3, 0.4) is 0 Å². The van der Waals surface area contributed by atoms with Gasteiger partial charge in [0, 0.05) is 4.91 Å². The van der Waals surface area contributed by atoms with Gasteiger partial charge in [-0.15, -0.1) is 0 Å². The summed E-state index contributed by atoms with van der Waals surface area (Å²) in [6, 6.07) is 0. The van der Waals surface area contributed by atoms with E-state index in [1.54, 1.807) is 0 Å². The molecule has 1 rings (SSSR count). The van der Waals surface area contributed by atoms with E-state index in [4.69, 9.17) is 5.53 Å². The van der Waals surface area contributed by atoms with E-state index in [9.17, 15) is 30.3 Å². The molecule has 0 unspecified atom stereocenters. The van der Waals surface area contributed by atoms with E-state index < -0.39 is 32.2 Å². The lowest BCUT2D eigenvalue weighted by molar-refractivity contribution is -0.434. The van der Waals surface area contributed by atoms with Crippen molar-refractivity contribution in [1.29, 1.82) is 0 Å². The van der Waals surface area contributed by atoms with Gasteiger partial charge in [0.1, 0.15) is 0 Å². The smallest absolute Gasteiger partial charge is 0.361 e. The van der Waals surface area contributed by atoms with Crippen molar-refractivity contribution in [3.63, 3.8) is 0 Å². The Morgan fingerprint density at radius 1 is 1.28 bits per heavy atom. The van der Waals surface area contributed by atoms with E-state index in [0.717, 1.165) is 0 Å². The van der Waals surface area contributed by atoms with Crippen molar-refractivity contribution in [1.82, 2.24) is 9.89 Å². The minimum atomic E-state index is -1.33. The second kappa shape index (κ2) is 4.58. The standard InChI is InChI=1S/C3N9O6/c4-7-5-2-1(10(13)14)3(11(15)16)6-9(2)8-12(17)18/q-1. The second-order valence-electron chi connectivity index (χ2n) is 2.42. The fraction of sp³-hybridized carbons (Fsp3) is 0. The third kappa shape index (κ3) is 2.19. The van der Waals surface area contributed by atoms with E-state index in [1.807, 2.05) is 0 Å². The Labute approximate surface area is 94.6 Å². The number of nitrogens with zero attached hydrogens (tertiary/aromatic N) is 9. The fourth-order valence-electron chi connectivity index (χ4n) is 0.927. The van der Waals surface area contributed by atoms with Crippen molar-refractivity contribution < 1.29 is 14.9 Å². The minimum absolute atomic E-state index is 0.101. The van der Waals surface area contributed by atoms with Gasteiger partial charge in [0.2, 0.25) is 0 Å². The molecule has 1 heterocycles. The number of aromatic nitrogens is 2. The van der Waals surface area contributed by atoms with Crippen LogP contribution < -0.4 is 0 Å². The first kappa shape index (κ1) is 12.6. The van der Waals surface area contributed by atoms with Crippen molar-refractivity contribution >= 4 is 17.3 Å². The van der Waals surface area contributed by atoms with Crippen LogP contribution in [0.2, 0.25) is 0 Å². The van der Waals surface area contributed by atoms with E-state index in [0.29, 0.717) is 0 Å². The lowest BCUT2D eigenvalue weighted by atomic mass is 10.5.